The Kier molecular flexibility index (Phi) is 4.78. The van der Waals surface area contributed by atoms with E-state index in [1.165, 1.54) is 6.07 Å². The van der Waals surface area contributed by atoms with Crippen LogP contribution in [0.2, 0.25) is 0 Å². The fourth-order valence-corrected chi connectivity index (χ4v) is 2.21. The molecule has 2 aromatic rings. The van der Waals surface area contributed by atoms with Gasteiger partial charge in [0.25, 0.3) is 5.69 Å². The molecule has 0 saturated heterocycles. The summed E-state index contributed by atoms with van der Waals surface area (Å²) in [6.07, 6.45) is 0. The van der Waals surface area contributed by atoms with Crippen LogP contribution in [0.4, 0.5) is 21.9 Å². The van der Waals surface area contributed by atoms with E-state index >= 15 is 0 Å². The van der Waals surface area contributed by atoms with Crippen molar-refractivity contribution >= 4 is 29.1 Å². The van der Waals surface area contributed by atoms with Gasteiger partial charge in [-0.3, -0.25) is 10.1 Å². The molecule has 24 heavy (non-hydrogen) atoms. The average Bonchev–Trinajstić information content (AvgIpc) is 2.51. The summed E-state index contributed by atoms with van der Waals surface area (Å²) in [7, 11) is 0. The SMILES string of the molecule is Cc1cccc(C)c1NC(=O)Nc1ccc([N+](=O)[O-])cc1C(=O)O. The minimum atomic E-state index is -1.37. The molecule has 0 bridgehead atoms. The number of nitro benzene ring substituents is 1. The number of non-ortho nitro benzene ring substituents is 1. The van der Waals surface area contributed by atoms with Crippen LogP contribution >= 0.6 is 0 Å². The molecule has 0 radical (unpaired) electrons. The van der Waals surface area contributed by atoms with Gasteiger partial charge in [-0.1, -0.05) is 18.2 Å². The molecule has 0 atom stereocenters. The van der Waals surface area contributed by atoms with Crippen molar-refractivity contribution in [1.29, 1.82) is 0 Å². The molecule has 0 aliphatic rings. The first-order valence-electron chi connectivity index (χ1n) is 6.95. The van der Waals surface area contributed by atoms with Gasteiger partial charge in [0.05, 0.1) is 16.2 Å². The predicted molar refractivity (Wildman–Crippen MR) is 88.6 cm³/mol. The first kappa shape index (κ1) is 16.9. The molecule has 0 aromatic heterocycles. The van der Waals surface area contributed by atoms with E-state index < -0.39 is 16.9 Å². The number of nitrogens with one attached hydrogen (secondary N) is 2. The highest BCUT2D eigenvalue weighted by atomic mass is 16.6. The van der Waals surface area contributed by atoms with Crippen LogP contribution in [0.3, 0.4) is 0 Å². The minimum absolute atomic E-state index is 0.0307. The third kappa shape index (κ3) is 3.67. The summed E-state index contributed by atoms with van der Waals surface area (Å²) < 4.78 is 0. The number of carboxylic acid groups (broad SMARTS) is 1. The lowest BCUT2D eigenvalue weighted by atomic mass is 10.1. The molecule has 2 amide bonds. The van der Waals surface area contributed by atoms with Crippen LogP contribution < -0.4 is 10.6 Å². The zero-order valence-electron chi connectivity index (χ0n) is 13.0. The number of aryl methyl sites for hydroxylation is 2. The third-order valence-electron chi connectivity index (χ3n) is 3.41. The highest BCUT2D eigenvalue weighted by Gasteiger charge is 2.18. The largest absolute Gasteiger partial charge is 0.478 e. The molecule has 0 saturated carbocycles. The third-order valence-corrected chi connectivity index (χ3v) is 3.41. The van der Waals surface area contributed by atoms with E-state index in [4.69, 9.17) is 5.11 Å². The van der Waals surface area contributed by atoms with Crippen LogP contribution in [0.5, 0.6) is 0 Å². The lowest BCUT2D eigenvalue weighted by molar-refractivity contribution is -0.384. The lowest BCUT2D eigenvalue weighted by Gasteiger charge is -2.13. The molecule has 0 heterocycles. The number of aromatic carboxylic acids is 1. The number of benzene rings is 2. The van der Waals surface area contributed by atoms with Gasteiger partial charge in [0.1, 0.15) is 0 Å². The number of nitrogens with zero attached hydrogens (tertiary/aromatic N) is 1. The van der Waals surface area contributed by atoms with E-state index in [1.807, 2.05) is 32.0 Å². The Bertz CT molecular complexity index is 812. The fourth-order valence-electron chi connectivity index (χ4n) is 2.21. The lowest BCUT2D eigenvalue weighted by Crippen LogP contribution is -2.22. The van der Waals surface area contributed by atoms with Crippen molar-refractivity contribution in [2.45, 2.75) is 13.8 Å². The van der Waals surface area contributed by atoms with E-state index in [9.17, 15) is 19.7 Å². The second-order valence-corrected chi connectivity index (χ2v) is 5.14. The summed E-state index contributed by atoms with van der Waals surface area (Å²) in [5, 5.41) is 25.0. The fraction of sp³-hybridized carbons (Fsp3) is 0.125. The zero-order valence-corrected chi connectivity index (χ0v) is 13.0. The van der Waals surface area contributed by atoms with Gasteiger partial charge in [-0.2, -0.15) is 0 Å². The molecular formula is C16H15N3O5. The first-order valence-corrected chi connectivity index (χ1v) is 6.95. The summed E-state index contributed by atoms with van der Waals surface area (Å²) >= 11 is 0. The maximum atomic E-state index is 12.1. The van der Waals surface area contributed by atoms with Gasteiger partial charge in [0.15, 0.2) is 0 Å². The van der Waals surface area contributed by atoms with Gasteiger partial charge < -0.3 is 15.7 Å². The average molecular weight is 329 g/mol. The highest BCUT2D eigenvalue weighted by molar-refractivity contribution is 6.05. The van der Waals surface area contributed by atoms with Crippen molar-refractivity contribution in [3.05, 3.63) is 63.2 Å². The second kappa shape index (κ2) is 6.78. The number of amides is 2. The molecule has 3 N–H and O–H groups in total. The molecule has 0 unspecified atom stereocenters. The topological polar surface area (TPSA) is 122 Å². The molecule has 8 nitrogen and oxygen atoms in total. The quantitative estimate of drug-likeness (QED) is 0.585. The van der Waals surface area contributed by atoms with E-state index in [1.54, 1.807) is 0 Å². The summed E-state index contributed by atoms with van der Waals surface area (Å²) in [4.78, 5) is 33.4. The molecular weight excluding hydrogens is 314 g/mol. The van der Waals surface area contributed by atoms with E-state index in [0.717, 1.165) is 23.3 Å². The molecule has 124 valence electrons. The number of nitro groups is 1. The van der Waals surface area contributed by atoms with Gasteiger partial charge in [-0.25, -0.2) is 9.59 Å². The highest BCUT2D eigenvalue weighted by Crippen LogP contribution is 2.23. The summed E-state index contributed by atoms with van der Waals surface area (Å²) in [6, 6.07) is 8.09. The number of hydrogen-bond acceptors (Lipinski definition) is 4. The Labute approximate surface area is 137 Å². The number of para-hydroxylation sites is 1. The summed E-state index contributed by atoms with van der Waals surface area (Å²) in [5.41, 5.74) is 1.57. The Morgan fingerprint density at radius 1 is 1.08 bits per heavy atom. The van der Waals surface area contributed by atoms with Gasteiger partial charge in [-0.05, 0) is 31.0 Å². The van der Waals surface area contributed by atoms with E-state index in [0.29, 0.717) is 5.69 Å². The van der Waals surface area contributed by atoms with Gasteiger partial charge >= 0.3 is 12.0 Å². The molecule has 8 heteroatoms. The Morgan fingerprint density at radius 3 is 2.25 bits per heavy atom. The molecule has 0 spiro atoms. The van der Waals surface area contributed by atoms with Crippen LogP contribution in [-0.4, -0.2) is 22.0 Å². The van der Waals surface area contributed by atoms with Crippen LogP contribution in [-0.2, 0) is 0 Å². The van der Waals surface area contributed by atoms with Crippen molar-refractivity contribution < 1.29 is 19.6 Å². The van der Waals surface area contributed by atoms with E-state index in [-0.39, 0.29) is 16.9 Å². The Balaban J connectivity index is 2.26. The zero-order chi connectivity index (χ0) is 17.9. The molecule has 2 aromatic carbocycles. The number of rotatable bonds is 4. The molecule has 0 aliphatic heterocycles. The second-order valence-electron chi connectivity index (χ2n) is 5.14. The summed E-state index contributed by atoms with van der Waals surface area (Å²) in [5.74, 6) is -1.37. The molecule has 0 fully saturated rings. The van der Waals surface area contributed by atoms with Crippen LogP contribution in [0, 0.1) is 24.0 Å². The first-order chi connectivity index (χ1) is 11.3. The number of hydrogen-bond donors (Lipinski definition) is 3. The molecule has 0 aliphatic carbocycles. The van der Waals surface area contributed by atoms with Crippen molar-refractivity contribution in [2.24, 2.45) is 0 Å². The van der Waals surface area contributed by atoms with Gasteiger partial charge in [0, 0.05) is 17.8 Å². The standard InChI is InChI=1S/C16H15N3O5/c1-9-4-3-5-10(2)14(9)18-16(22)17-13-7-6-11(19(23)24)8-12(13)15(20)21/h3-8H,1-2H3,(H,20,21)(H2,17,18,22). The van der Waals surface area contributed by atoms with Gasteiger partial charge in [-0.15, -0.1) is 0 Å². The number of carbonyl (C=O) groups is 2. The van der Waals surface area contributed by atoms with Crippen LogP contribution in [0.15, 0.2) is 36.4 Å². The summed E-state index contributed by atoms with van der Waals surface area (Å²) in [6.45, 7) is 3.66. The van der Waals surface area contributed by atoms with Crippen molar-refractivity contribution in [3.8, 4) is 0 Å². The number of carbonyl (C=O) groups excluding carboxylic acids is 1. The normalized spacial score (nSPS) is 10.1. The maximum Gasteiger partial charge on any atom is 0.338 e. The van der Waals surface area contributed by atoms with Crippen LogP contribution in [0.1, 0.15) is 21.5 Å². The van der Waals surface area contributed by atoms with Crippen molar-refractivity contribution in [3.63, 3.8) is 0 Å². The predicted octanol–water partition coefficient (Wildman–Crippen LogP) is 3.55. The van der Waals surface area contributed by atoms with Crippen molar-refractivity contribution in [1.82, 2.24) is 0 Å². The maximum absolute atomic E-state index is 12.1. The smallest absolute Gasteiger partial charge is 0.338 e. The van der Waals surface area contributed by atoms with Crippen molar-refractivity contribution in [2.75, 3.05) is 10.6 Å². The number of carboxylic acids is 1. The van der Waals surface area contributed by atoms with Gasteiger partial charge in [0.2, 0.25) is 0 Å². The Morgan fingerprint density at radius 2 is 1.71 bits per heavy atom. The monoisotopic (exact) mass is 329 g/mol. The minimum Gasteiger partial charge on any atom is -0.478 e. The van der Waals surface area contributed by atoms with Crippen LogP contribution in [0.25, 0.3) is 0 Å². The molecule has 2 rings (SSSR count). The van der Waals surface area contributed by atoms with E-state index in [2.05, 4.69) is 10.6 Å². The Hall–Kier alpha value is -3.42. The number of urea groups is 1. The number of anilines is 2.